The third-order valence-electron chi connectivity index (χ3n) is 6.43. The van der Waals surface area contributed by atoms with E-state index in [-0.39, 0.29) is 37.7 Å². The standard InChI is InChI=1S/C25H34N4O6/c1-34-24(32)17-28(15-22-26-12-13-27(22)14-19-8-4-3-5-9-19)20-10-6-7-11-21(20)29(16-23(30)31)18-25(33)35-2/h3-5,8-9,12-13,20-21H,6-7,10-11,14-18H2,1-2H3,(H,30,31)/t20-,21?/m0/s1. The number of carbonyl (C=O) groups is 3. The molecule has 0 saturated heterocycles. The number of ether oxygens (including phenoxy) is 2. The highest BCUT2D eigenvalue weighted by Crippen LogP contribution is 2.28. The Kier molecular flexibility index (Phi) is 9.80. The van der Waals surface area contributed by atoms with Gasteiger partial charge >= 0.3 is 17.9 Å². The van der Waals surface area contributed by atoms with Gasteiger partial charge in [0.25, 0.3) is 0 Å². The molecule has 0 amide bonds. The third-order valence-corrected chi connectivity index (χ3v) is 6.43. The second-order valence-electron chi connectivity index (χ2n) is 8.73. The predicted molar refractivity (Wildman–Crippen MR) is 127 cm³/mol. The molecule has 1 aromatic carbocycles. The van der Waals surface area contributed by atoms with E-state index in [1.807, 2.05) is 46.0 Å². The van der Waals surface area contributed by atoms with Gasteiger partial charge in [0.1, 0.15) is 5.82 Å². The van der Waals surface area contributed by atoms with E-state index in [0.29, 0.717) is 19.5 Å². The van der Waals surface area contributed by atoms with Crippen molar-refractivity contribution in [2.45, 2.75) is 50.9 Å². The molecule has 1 N–H and O–H groups in total. The molecule has 3 rings (SSSR count). The smallest absolute Gasteiger partial charge is 0.319 e. The van der Waals surface area contributed by atoms with Gasteiger partial charge in [0.15, 0.2) is 0 Å². The van der Waals surface area contributed by atoms with Crippen LogP contribution in [0.2, 0.25) is 0 Å². The fourth-order valence-electron chi connectivity index (χ4n) is 4.76. The largest absolute Gasteiger partial charge is 0.480 e. The molecule has 1 aliphatic rings. The molecule has 0 bridgehead atoms. The second kappa shape index (κ2) is 13.0. The number of carbonyl (C=O) groups excluding carboxylic acids is 2. The second-order valence-corrected chi connectivity index (χ2v) is 8.73. The van der Waals surface area contributed by atoms with E-state index in [1.165, 1.54) is 14.2 Å². The topological polar surface area (TPSA) is 114 Å². The Bertz CT molecular complexity index is 979. The summed E-state index contributed by atoms with van der Waals surface area (Å²) in [7, 11) is 2.64. The van der Waals surface area contributed by atoms with Crippen LogP contribution in [0.15, 0.2) is 42.7 Å². The number of imidazole rings is 1. The number of carboxylic acids is 1. The summed E-state index contributed by atoms with van der Waals surface area (Å²) in [6.45, 7) is 0.650. The van der Waals surface area contributed by atoms with Crippen molar-refractivity contribution in [2.24, 2.45) is 0 Å². The van der Waals surface area contributed by atoms with Gasteiger partial charge < -0.3 is 19.1 Å². The average Bonchev–Trinajstić information content (AvgIpc) is 3.29. The SMILES string of the molecule is COC(=O)CN(CC(=O)O)C1CCCC[C@@H]1N(CC(=O)OC)Cc1nccn1Cc1ccccc1. The van der Waals surface area contributed by atoms with Crippen molar-refractivity contribution in [3.8, 4) is 0 Å². The molecular formula is C25H34N4O6. The minimum Gasteiger partial charge on any atom is -0.480 e. The zero-order valence-electron chi connectivity index (χ0n) is 20.3. The summed E-state index contributed by atoms with van der Waals surface area (Å²) in [5.74, 6) is -1.10. The molecule has 2 aromatic rings. The molecule has 1 unspecified atom stereocenters. The number of methoxy groups -OCH3 is 2. The number of benzene rings is 1. The number of carboxylic acid groups (broad SMARTS) is 1. The van der Waals surface area contributed by atoms with Crippen LogP contribution in [0.3, 0.4) is 0 Å². The summed E-state index contributed by atoms with van der Waals surface area (Å²) in [5.41, 5.74) is 1.13. The lowest BCUT2D eigenvalue weighted by molar-refractivity contribution is -0.148. The molecule has 1 heterocycles. The molecule has 1 aromatic heterocycles. The van der Waals surface area contributed by atoms with Gasteiger partial charge in [0.05, 0.1) is 40.4 Å². The van der Waals surface area contributed by atoms with Gasteiger partial charge in [0, 0.05) is 31.0 Å². The molecule has 10 nitrogen and oxygen atoms in total. The summed E-state index contributed by atoms with van der Waals surface area (Å²) in [4.78, 5) is 44.2. The Labute approximate surface area is 205 Å². The maximum absolute atomic E-state index is 12.4. The maximum Gasteiger partial charge on any atom is 0.319 e. The maximum atomic E-state index is 12.4. The number of esters is 2. The quantitative estimate of drug-likeness (QED) is 0.448. The molecule has 1 fully saturated rings. The van der Waals surface area contributed by atoms with Crippen LogP contribution in [0.5, 0.6) is 0 Å². The van der Waals surface area contributed by atoms with Crippen LogP contribution >= 0.6 is 0 Å². The first-order chi connectivity index (χ1) is 16.9. The van der Waals surface area contributed by atoms with Crippen LogP contribution in [0, 0.1) is 0 Å². The summed E-state index contributed by atoms with van der Waals surface area (Å²) in [6.07, 6.45) is 6.97. The van der Waals surface area contributed by atoms with Gasteiger partial charge in [-0.05, 0) is 18.4 Å². The number of rotatable bonds is 12. The van der Waals surface area contributed by atoms with Gasteiger partial charge in [-0.2, -0.15) is 0 Å². The van der Waals surface area contributed by atoms with Crippen molar-refractivity contribution in [3.05, 3.63) is 54.1 Å². The number of nitrogens with zero attached hydrogens (tertiary/aromatic N) is 4. The van der Waals surface area contributed by atoms with Crippen molar-refractivity contribution in [1.29, 1.82) is 0 Å². The van der Waals surface area contributed by atoms with E-state index in [0.717, 1.165) is 30.7 Å². The Morgan fingerprint density at radius 2 is 1.57 bits per heavy atom. The number of aliphatic carboxylic acids is 1. The first-order valence-corrected chi connectivity index (χ1v) is 11.8. The Balaban J connectivity index is 1.87. The van der Waals surface area contributed by atoms with Gasteiger partial charge in [-0.15, -0.1) is 0 Å². The Morgan fingerprint density at radius 3 is 2.17 bits per heavy atom. The Morgan fingerprint density at radius 1 is 0.971 bits per heavy atom. The fraction of sp³-hybridized carbons (Fsp3) is 0.520. The summed E-state index contributed by atoms with van der Waals surface area (Å²) in [5, 5.41) is 9.50. The highest BCUT2D eigenvalue weighted by Gasteiger charge is 2.37. The van der Waals surface area contributed by atoms with E-state index < -0.39 is 11.9 Å². The van der Waals surface area contributed by atoms with Gasteiger partial charge in [-0.3, -0.25) is 24.2 Å². The van der Waals surface area contributed by atoms with Gasteiger partial charge in [0.2, 0.25) is 0 Å². The van der Waals surface area contributed by atoms with Crippen LogP contribution in [0.1, 0.15) is 37.1 Å². The van der Waals surface area contributed by atoms with Gasteiger partial charge in [-0.25, -0.2) is 4.98 Å². The van der Waals surface area contributed by atoms with Crippen molar-refractivity contribution in [1.82, 2.24) is 19.4 Å². The lowest BCUT2D eigenvalue weighted by Gasteiger charge is -2.44. The molecule has 1 aliphatic carbocycles. The van der Waals surface area contributed by atoms with Crippen LogP contribution in [0.25, 0.3) is 0 Å². The first-order valence-electron chi connectivity index (χ1n) is 11.8. The summed E-state index contributed by atoms with van der Waals surface area (Å²) < 4.78 is 11.8. The predicted octanol–water partition coefficient (Wildman–Crippen LogP) is 1.78. The van der Waals surface area contributed by atoms with E-state index in [1.54, 1.807) is 11.1 Å². The molecule has 0 spiro atoms. The van der Waals surface area contributed by atoms with Crippen LogP contribution < -0.4 is 0 Å². The number of hydrogen-bond donors (Lipinski definition) is 1. The van der Waals surface area contributed by atoms with E-state index in [4.69, 9.17) is 9.47 Å². The third kappa shape index (κ3) is 7.63. The highest BCUT2D eigenvalue weighted by molar-refractivity contribution is 5.74. The normalized spacial score (nSPS) is 17.9. The molecule has 10 heteroatoms. The van der Waals surface area contributed by atoms with Crippen molar-refractivity contribution in [2.75, 3.05) is 33.9 Å². The minimum atomic E-state index is -1.02. The Hall–Kier alpha value is -3.24. The molecule has 0 aliphatic heterocycles. The zero-order valence-corrected chi connectivity index (χ0v) is 20.3. The van der Waals surface area contributed by atoms with Crippen LogP contribution in [0.4, 0.5) is 0 Å². The minimum absolute atomic E-state index is 0.0367. The molecule has 1 saturated carbocycles. The van der Waals surface area contributed by atoms with Crippen LogP contribution in [-0.2, 0) is 36.9 Å². The van der Waals surface area contributed by atoms with E-state index in [9.17, 15) is 19.5 Å². The monoisotopic (exact) mass is 486 g/mol. The number of aromatic nitrogens is 2. The summed E-state index contributed by atoms with van der Waals surface area (Å²) in [6, 6.07) is 9.64. The fourth-order valence-corrected chi connectivity index (χ4v) is 4.76. The van der Waals surface area contributed by atoms with Crippen molar-refractivity contribution >= 4 is 17.9 Å². The van der Waals surface area contributed by atoms with E-state index in [2.05, 4.69) is 4.98 Å². The molecule has 35 heavy (non-hydrogen) atoms. The van der Waals surface area contributed by atoms with Crippen molar-refractivity contribution < 1.29 is 29.0 Å². The van der Waals surface area contributed by atoms with E-state index >= 15 is 0 Å². The molecule has 2 atom stereocenters. The van der Waals surface area contributed by atoms with Crippen molar-refractivity contribution in [3.63, 3.8) is 0 Å². The molecule has 190 valence electrons. The lowest BCUT2D eigenvalue weighted by Crippen LogP contribution is -2.56. The first kappa shape index (κ1) is 26.4. The van der Waals surface area contributed by atoms with Gasteiger partial charge in [-0.1, -0.05) is 43.2 Å². The average molecular weight is 487 g/mol. The number of hydrogen-bond acceptors (Lipinski definition) is 8. The van der Waals surface area contributed by atoms with Crippen LogP contribution in [-0.4, -0.2) is 88.3 Å². The lowest BCUT2D eigenvalue weighted by atomic mass is 9.87. The molecular weight excluding hydrogens is 452 g/mol. The zero-order chi connectivity index (χ0) is 25.2. The highest BCUT2D eigenvalue weighted by atomic mass is 16.5. The summed E-state index contributed by atoms with van der Waals surface area (Å²) >= 11 is 0. The molecule has 0 radical (unpaired) electrons.